The van der Waals surface area contributed by atoms with Gasteiger partial charge in [-0.2, -0.15) is 0 Å². The van der Waals surface area contributed by atoms with Crippen LogP contribution in [-0.4, -0.2) is 14.1 Å². The summed E-state index contributed by atoms with van der Waals surface area (Å²) in [5.41, 5.74) is -1.15. The molecule has 2 aromatic rings. The van der Waals surface area contributed by atoms with Crippen molar-refractivity contribution in [3.05, 3.63) is 31.4 Å². The molecule has 14 heavy (non-hydrogen) atoms. The summed E-state index contributed by atoms with van der Waals surface area (Å²) in [5, 5.41) is 0. The third kappa shape index (κ3) is 0.889. The van der Waals surface area contributed by atoms with Crippen LogP contribution in [0.3, 0.4) is 0 Å². The fourth-order valence-corrected chi connectivity index (χ4v) is 1.27. The van der Waals surface area contributed by atoms with E-state index in [1.165, 1.54) is 14.1 Å². The van der Waals surface area contributed by atoms with E-state index < -0.39 is 17.0 Å². The lowest BCUT2D eigenvalue weighted by molar-refractivity contribution is 0.521. The van der Waals surface area contributed by atoms with Gasteiger partial charge in [-0.05, 0) is 0 Å². The minimum atomic E-state index is -0.752. The molecule has 7 heteroatoms. The van der Waals surface area contributed by atoms with Crippen molar-refractivity contribution in [3.8, 4) is 0 Å². The molecule has 0 aliphatic heterocycles. The summed E-state index contributed by atoms with van der Waals surface area (Å²) >= 11 is 0. The Balaban J connectivity index is 3.26. The quantitative estimate of drug-likeness (QED) is 0.557. The number of aromatic amines is 1. The van der Waals surface area contributed by atoms with E-state index in [-0.39, 0.29) is 11.2 Å². The van der Waals surface area contributed by atoms with Crippen molar-refractivity contribution in [2.24, 2.45) is 14.1 Å². The minimum Gasteiger partial charge on any atom is -0.390 e. The Kier molecular flexibility index (Phi) is 1.51. The Morgan fingerprint density at radius 1 is 1.14 bits per heavy atom. The second-order valence-corrected chi connectivity index (χ2v) is 2.90. The van der Waals surface area contributed by atoms with Crippen LogP contribution in [0.2, 0.25) is 0 Å². The monoisotopic (exact) mass is 197 g/mol. The summed E-state index contributed by atoms with van der Waals surface area (Å²) in [5.74, 6) is -0.752. The first kappa shape index (κ1) is 8.54. The average Bonchev–Trinajstić information content (AvgIpc) is 2.54. The molecule has 1 N–H and O–H groups in total. The summed E-state index contributed by atoms with van der Waals surface area (Å²) in [4.78, 5) is 35.8. The highest BCUT2D eigenvalue weighted by molar-refractivity contribution is 5.66. The van der Waals surface area contributed by atoms with E-state index in [0.717, 1.165) is 9.13 Å². The SMILES string of the molecule is Cn1c(=O)c2[nH]c(=O)oc2n(C)c1=O. The molecule has 0 amide bonds. The van der Waals surface area contributed by atoms with Gasteiger partial charge in [0, 0.05) is 14.1 Å². The van der Waals surface area contributed by atoms with Crippen molar-refractivity contribution in [2.45, 2.75) is 0 Å². The highest BCUT2D eigenvalue weighted by Crippen LogP contribution is 1.98. The topological polar surface area (TPSA) is 90.0 Å². The maximum Gasteiger partial charge on any atom is 0.418 e. The van der Waals surface area contributed by atoms with Crippen molar-refractivity contribution in [1.29, 1.82) is 0 Å². The van der Waals surface area contributed by atoms with Crippen molar-refractivity contribution in [3.63, 3.8) is 0 Å². The molecule has 74 valence electrons. The van der Waals surface area contributed by atoms with Crippen LogP contribution in [0.15, 0.2) is 18.8 Å². The molecule has 0 fully saturated rings. The first-order chi connectivity index (χ1) is 6.52. The molecular formula is C7H7N3O4. The third-order valence-corrected chi connectivity index (χ3v) is 2.03. The summed E-state index contributed by atoms with van der Waals surface area (Å²) in [6.45, 7) is 0. The average molecular weight is 197 g/mol. The molecular weight excluding hydrogens is 190 g/mol. The van der Waals surface area contributed by atoms with Crippen LogP contribution < -0.4 is 17.0 Å². The molecule has 7 nitrogen and oxygen atoms in total. The molecule has 0 saturated heterocycles. The highest BCUT2D eigenvalue weighted by Gasteiger charge is 2.12. The summed E-state index contributed by atoms with van der Waals surface area (Å²) in [6.07, 6.45) is 0. The van der Waals surface area contributed by atoms with Crippen LogP contribution >= 0.6 is 0 Å². The maximum absolute atomic E-state index is 11.4. The van der Waals surface area contributed by atoms with Gasteiger partial charge in [-0.15, -0.1) is 0 Å². The van der Waals surface area contributed by atoms with Gasteiger partial charge in [-0.25, -0.2) is 9.59 Å². The van der Waals surface area contributed by atoms with Crippen LogP contribution in [0.25, 0.3) is 11.2 Å². The third-order valence-electron chi connectivity index (χ3n) is 2.03. The van der Waals surface area contributed by atoms with Gasteiger partial charge >= 0.3 is 11.4 Å². The van der Waals surface area contributed by atoms with Gasteiger partial charge in [0.1, 0.15) is 0 Å². The molecule has 0 bridgehead atoms. The Hall–Kier alpha value is -2.05. The Labute approximate surface area is 76.2 Å². The summed E-state index contributed by atoms with van der Waals surface area (Å²) < 4.78 is 6.64. The first-order valence-corrected chi connectivity index (χ1v) is 3.81. The van der Waals surface area contributed by atoms with Crippen LogP contribution in [0.1, 0.15) is 0 Å². The molecule has 0 aliphatic rings. The lowest BCUT2D eigenvalue weighted by Crippen LogP contribution is -2.36. The highest BCUT2D eigenvalue weighted by atomic mass is 16.4. The van der Waals surface area contributed by atoms with E-state index in [1.54, 1.807) is 0 Å². The van der Waals surface area contributed by atoms with Crippen molar-refractivity contribution in [1.82, 2.24) is 14.1 Å². The van der Waals surface area contributed by atoms with Gasteiger partial charge in [-0.1, -0.05) is 0 Å². The molecule has 2 heterocycles. The van der Waals surface area contributed by atoms with E-state index in [4.69, 9.17) is 0 Å². The molecule has 0 unspecified atom stereocenters. The second kappa shape index (κ2) is 2.47. The number of aryl methyl sites for hydroxylation is 1. The van der Waals surface area contributed by atoms with Crippen LogP contribution in [0.5, 0.6) is 0 Å². The normalized spacial score (nSPS) is 11.0. The smallest absolute Gasteiger partial charge is 0.390 e. The molecule has 0 aliphatic carbocycles. The van der Waals surface area contributed by atoms with Crippen LogP contribution in [-0.2, 0) is 14.1 Å². The molecule has 0 aromatic carbocycles. The molecule has 0 atom stereocenters. The van der Waals surface area contributed by atoms with Gasteiger partial charge in [0.2, 0.25) is 5.71 Å². The minimum absolute atomic E-state index is 0.000370. The fourth-order valence-electron chi connectivity index (χ4n) is 1.27. The predicted octanol–water partition coefficient (Wildman–Crippen LogP) is -1.48. The number of oxazole rings is 1. The zero-order valence-corrected chi connectivity index (χ0v) is 7.53. The number of fused-ring (bicyclic) bond motifs is 1. The second-order valence-electron chi connectivity index (χ2n) is 2.90. The van der Waals surface area contributed by atoms with Crippen molar-refractivity contribution < 1.29 is 4.42 Å². The van der Waals surface area contributed by atoms with Gasteiger partial charge in [0.25, 0.3) is 5.56 Å². The summed E-state index contributed by atoms with van der Waals surface area (Å²) in [6, 6.07) is 0. The van der Waals surface area contributed by atoms with E-state index >= 15 is 0 Å². The lowest BCUT2D eigenvalue weighted by atomic mass is 10.5. The molecule has 2 aromatic heterocycles. The molecule has 0 radical (unpaired) electrons. The van der Waals surface area contributed by atoms with Gasteiger partial charge < -0.3 is 4.42 Å². The number of nitrogens with zero attached hydrogens (tertiary/aromatic N) is 2. The van der Waals surface area contributed by atoms with E-state index in [0.29, 0.717) is 0 Å². The lowest BCUT2D eigenvalue weighted by Gasteiger charge is -1.99. The number of nitrogens with one attached hydrogen (secondary N) is 1. The van der Waals surface area contributed by atoms with E-state index in [2.05, 4.69) is 9.40 Å². The maximum atomic E-state index is 11.4. The Morgan fingerprint density at radius 2 is 1.79 bits per heavy atom. The molecule has 0 spiro atoms. The molecule has 2 rings (SSSR count). The first-order valence-electron chi connectivity index (χ1n) is 3.81. The van der Waals surface area contributed by atoms with Crippen molar-refractivity contribution >= 4 is 11.2 Å². The van der Waals surface area contributed by atoms with E-state index in [9.17, 15) is 14.4 Å². The largest absolute Gasteiger partial charge is 0.418 e. The zero-order valence-electron chi connectivity index (χ0n) is 7.53. The molecule has 0 saturated carbocycles. The Bertz CT molecular complexity index is 669. The standard InChI is InChI=1S/C7H7N3O4/c1-9-4(11)3-5(10(2)7(9)13)14-6(12)8-3/h1-2H3,(H,8,12). The van der Waals surface area contributed by atoms with Crippen LogP contribution in [0, 0.1) is 0 Å². The summed E-state index contributed by atoms with van der Waals surface area (Å²) in [7, 11) is 2.75. The number of hydrogen-bond acceptors (Lipinski definition) is 4. The van der Waals surface area contributed by atoms with E-state index in [1.807, 2.05) is 0 Å². The predicted molar refractivity (Wildman–Crippen MR) is 47.3 cm³/mol. The van der Waals surface area contributed by atoms with Crippen molar-refractivity contribution in [2.75, 3.05) is 0 Å². The zero-order chi connectivity index (χ0) is 10.5. The number of aromatic nitrogens is 3. The fraction of sp³-hybridized carbons (Fsp3) is 0.286. The van der Waals surface area contributed by atoms with Gasteiger partial charge in [0.15, 0.2) is 5.52 Å². The van der Waals surface area contributed by atoms with Gasteiger partial charge in [0.05, 0.1) is 0 Å². The Morgan fingerprint density at radius 3 is 2.43 bits per heavy atom. The number of rotatable bonds is 0. The van der Waals surface area contributed by atoms with Gasteiger partial charge in [-0.3, -0.25) is 18.9 Å². The van der Waals surface area contributed by atoms with Crippen LogP contribution in [0.4, 0.5) is 0 Å². The number of hydrogen-bond donors (Lipinski definition) is 1. The number of H-pyrrole nitrogens is 1.